The molecule has 0 saturated heterocycles. The second-order valence-corrected chi connectivity index (χ2v) is 3.89. The van der Waals surface area contributed by atoms with Crippen LogP contribution in [0.3, 0.4) is 0 Å². The van der Waals surface area contributed by atoms with E-state index in [1.165, 1.54) is 16.7 Å². The van der Waals surface area contributed by atoms with Crippen LogP contribution in [0.4, 0.5) is 0 Å². The van der Waals surface area contributed by atoms with Gasteiger partial charge in [0.1, 0.15) is 0 Å². The third-order valence-corrected chi connectivity index (χ3v) is 2.62. The van der Waals surface area contributed by atoms with Crippen LogP contribution >= 0.6 is 0 Å². The normalized spacial score (nSPS) is 9.19. The minimum absolute atomic E-state index is 0. The molecule has 0 radical (unpaired) electrons. The summed E-state index contributed by atoms with van der Waals surface area (Å²) in [4.78, 5) is 0. The lowest BCUT2D eigenvalue weighted by Crippen LogP contribution is -1.96. The summed E-state index contributed by atoms with van der Waals surface area (Å²) >= 11 is 0. The minimum atomic E-state index is 0. The molecule has 1 aromatic carbocycles. The van der Waals surface area contributed by atoms with Crippen LogP contribution in [0.5, 0.6) is 0 Å². The Labute approximate surface area is 103 Å². The summed E-state index contributed by atoms with van der Waals surface area (Å²) in [5, 5.41) is 0. The molecule has 0 spiro atoms. The van der Waals surface area contributed by atoms with E-state index in [9.17, 15) is 0 Å². The largest absolute Gasteiger partial charge is 0.0776 e. The van der Waals surface area contributed by atoms with E-state index < -0.39 is 0 Å². The monoisotopic (exact) mass is 222 g/mol. The van der Waals surface area contributed by atoms with Gasteiger partial charge in [-0.2, -0.15) is 0 Å². The highest BCUT2D eigenvalue weighted by molar-refractivity contribution is 5.34. The summed E-state index contributed by atoms with van der Waals surface area (Å²) in [6.07, 6.45) is 2.29. The second kappa shape index (κ2) is 9.45. The van der Waals surface area contributed by atoms with Gasteiger partial charge >= 0.3 is 0 Å². The van der Waals surface area contributed by atoms with Crippen molar-refractivity contribution in [2.45, 2.75) is 67.7 Å². The molecule has 0 N–H and O–H groups in total. The quantitative estimate of drug-likeness (QED) is 0.624. The van der Waals surface area contributed by atoms with Crippen molar-refractivity contribution in [3.05, 3.63) is 34.9 Å². The zero-order chi connectivity index (χ0) is 11.8. The summed E-state index contributed by atoms with van der Waals surface area (Å²) in [7, 11) is 0. The molecule has 0 saturated carbocycles. The number of hydrogen-bond donors (Lipinski definition) is 0. The minimum Gasteiger partial charge on any atom is -0.0776 e. The van der Waals surface area contributed by atoms with E-state index in [-0.39, 0.29) is 7.43 Å². The average molecular weight is 222 g/mol. The van der Waals surface area contributed by atoms with Crippen molar-refractivity contribution in [2.75, 3.05) is 0 Å². The van der Waals surface area contributed by atoms with Gasteiger partial charge in [0.15, 0.2) is 0 Å². The SMILES string of the molecule is C.CC.CCc1ccc(CC)c(C(C)C)c1. The predicted octanol–water partition coefficient (Wildman–Crippen LogP) is 5.60. The molecule has 0 aliphatic carbocycles. The predicted molar refractivity (Wildman–Crippen MR) is 77.4 cm³/mol. The first-order chi connectivity index (χ1) is 7.19. The Bertz CT molecular complexity index is 271. The van der Waals surface area contributed by atoms with Gasteiger partial charge in [-0.1, -0.05) is 67.2 Å². The molecule has 94 valence electrons. The summed E-state index contributed by atoms with van der Waals surface area (Å²) < 4.78 is 0. The van der Waals surface area contributed by atoms with Gasteiger partial charge in [0.25, 0.3) is 0 Å². The number of hydrogen-bond acceptors (Lipinski definition) is 0. The van der Waals surface area contributed by atoms with Gasteiger partial charge in [0.2, 0.25) is 0 Å². The van der Waals surface area contributed by atoms with Crippen molar-refractivity contribution in [1.82, 2.24) is 0 Å². The summed E-state index contributed by atoms with van der Waals surface area (Å²) in [5.74, 6) is 0.654. The zero-order valence-corrected chi connectivity index (χ0v) is 11.2. The van der Waals surface area contributed by atoms with Crippen LogP contribution in [-0.2, 0) is 12.8 Å². The fourth-order valence-electron chi connectivity index (χ4n) is 1.72. The van der Waals surface area contributed by atoms with Crippen molar-refractivity contribution in [3.63, 3.8) is 0 Å². The molecule has 0 aromatic heterocycles. The third-order valence-electron chi connectivity index (χ3n) is 2.62. The molecule has 1 rings (SSSR count). The van der Waals surface area contributed by atoms with Crippen LogP contribution < -0.4 is 0 Å². The molecule has 0 unspecified atom stereocenters. The fraction of sp³-hybridized carbons (Fsp3) is 0.625. The summed E-state index contributed by atoms with van der Waals surface area (Å²) in [6, 6.07) is 6.91. The van der Waals surface area contributed by atoms with E-state index in [1.807, 2.05) is 13.8 Å². The first kappa shape index (κ1) is 17.6. The first-order valence-electron chi connectivity index (χ1n) is 6.30. The van der Waals surface area contributed by atoms with Crippen LogP contribution in [-0.4, -0.2) is 0 Å². The molecule has 0 heteroatoms. The van der Waals surface area contributed by atoms with E-state index >= 15 is 0 Å². The van der Waals surface area contributed by atoms with Crippen molar-refractivity contribution in [2.24, 2.45) is 0 Å². The van der Waals surface area contributed by atoms with Crippen LogP contribution in [0.15, 0.2) is 18.2 Å². The molecular formula is C16H30. The smallest absolute Gasteiger partial charge is 0.0216 e. The standard InChI is InChI=1S/C13H20.C2H6.CH4/c1-5-11-7-8-12(6-2)13(9-11)10(3)4;1-2;/h7-10H,5-6H2,1-4H3;1-2H3;1H4. The van der Waals surface area contributed by atoms with Crippen molar-refractivity contribution < 1.29 is 0 Å². The maximum absolute atomic E-state index is 2.36. The lowest BCUT2D eigenvalue weighted by molar-refractivity contribution is 0.840. The Morgan fingerprint density at radius 3 is 1.94 bits per heavy atom. The van der Waals surface area contributed by atoms with E-state index in [4.69, 9.17) is 0 Å². The molecule has 1 aromatic rings. The van der Waals surface area contributed by atoms with Gasteiger partial charge in [-0.25, -0.2) is 0 Å². The van der Waals surface area contributed by atoms with Gasteiger partial charge in [0, 0.05) is 0 Å². The van der Waals surface area contributed by atoms with Crippen LogP contribution in [0.2, 0.25) is 0 Å². The van der Waals surface area contributed by atoms with E-state index in [2.05, 4.69) is 45.9 Å². The number of aryl methyl sites for hydroxylation is 2. The molecule has 16 heavy (non-hydrogen) atoms. The fourth-order valence-corrected chi connectivity index (χ4v) is 1.72. The van der Waals surface area contributed by atoms with Gasteiger partial charge in [-0.05, 0) is 35.4 Å². The maximum atomic E-state index is 2.36. The van der Waals surface area contributed by atoms with Gasteiger partial charge in [-0.15, -0.1) is 0 Å². The average Bonchev–Trinajstić information content (AvgIpc) is 2.30. The molecule has 0 amide bonds. The highest BCUT2D eigenvalue weighted by Crippen LogP contribution is 2.21. The van der Waals surface area contributed by atoms with E-state index in [0.717, 1.165) is 12.8 Å². The zero-order valence-electron chi connectivity index (χ0n) is 11.2. The Balaban J connectivity index is 0. The van der Waals surface area contributed by atoms with Gasteiger partial charge < -0.3 is 0 Å². The molecule has 0 nitrogen and oxygen atoms in total. The summed E-state index contributed by atoms with van der Waals surface area (Å²) in [6.45, 7) is 13.0. The van der Waals surface area contributed by atoms with Crippen molar-refractivity contribution in [3.8, 4) is 0 Å². The van der Waals surface area contributed by atoms with E-state index in [0.29, 0.717) is 5.92 Å². The Morgan fingerprint density at radius 2 is 1.56 bits per heavy atom. The Morgan fingerprint density at radius 1 is 1.00 bits per heavy atom. The van der Waals surface area contributed by atoms with Crippen LogP contribution in [0.25, 0.3) is 0 Å². The molecule has 0 bridgehead atoms. The molecule has 0 heterocycles. The lowest BCUT2D eigenvalue weighted by atomic mass is 9.93. The van der Waals surface area contributed by atoms with Gasteiger partial charge in [-0.3, -0.25) is 0 Å². The first-order valence-corrected chi connectivity index (χ1v) is 6.30. The summed E-state index contributed by atoms with van der Waals surface area (Å²) in [5.41, 5.74) is 4.50. The topological polar surface area (TPSA) is 0 Å². The second-order valence-electron chi connectivity index (χ2n) is 3.89. The lowest BCUT2D eigenvalue weighted by Gasteiger charge is -2.12. The molecular weight excluding hydrogens is 192 g/mol. The molecule has 0 fully saturated rings. The number of rotatable bonds is 3. The Kier molecular flexibility index (Phi) is 10.4. The highest BCUT2D eigenvalue weighted by atomic mass is 14.1. The Hall–Kier alpha value is -0.780. The molecule has 0 aliphatic rings. The van der Waals surface area contributed by atoms with Crippen molar-refractivity contribution >= 4 is 0 Å². The van der Waals surface area contributed by atoms with Gasteiger partial charge in [0.05, 0.1) is 0 Å². The third kappa shape index (κ3) is 4.83. The number of benzene rings is 1. The van der Waals surface area contributed by atoms with Crippen LogP contribution in [0.1, 0.15) is 71.6 Å². The highest BCUT2D eigenvalue weighted by Gasteiger charge is 2.05. The van der Waals surface area contributed by atoms with E-state index in [1.54, 1.807) is 0 Å². The maximum Gasteiger partial charge on any atom is -0.0216 e. The molecule has 0 atom stereocenters. The molecule has 0 aliphatic heterocycles. The van der Waals surface area contributed by atoms with Crippen LogP contribution in [0, 0.1) is 0 Å². The van der Waals surface area contributed by atoms with Crippen molar-refractivity contribution in [1.29, 1.82) is 0 Å².